The van der Waals surface area contributed by atoms with Crippen LogP contribution in [0.4, 0.5) is 0 Å². The number of rotatable bonds is 8. The van der Waals surface area contributed by atoms with Crippen LogP contribution in [-0.2, 0) is 17.5 Å². The van der Waals surface area contributed by atoms with Crippen molar-refractivity contribution in [2.75, 3.05) is 13.4 Å². The number of amides is 1. The van der Waals surface area contributed by atoms with E-state index in [1.807, 2.05) is 36.4 Å². The van der Waals surface area contributed by atoms with Crippen molar-refractivity contribution in [3.63, 3.8) is 0 Å². The highest BCUT2D eigenvalue weighted by Gasteiger charge is 2.22. The number of ether oxygens (including phenoxy) is 2. The first-order valence-corrected chi connectivity index (χ1v) is 11.7. The summed E-state index contributed by atoms with van der Waals surface area (Å²) >= 11 is 0. The second kappa shape index (κ2) is 9.02. The number of primary amides is 1. The monoisotopic (exact) mass is 451 g/mol. The third-order valence-electron chi connectivity index (χ3n) is 5.25. The fourth-order valence-electron chi connectivity index (χ4n) is 4.00. The van der Waals surface area contributed by atoms with Gasteiger partial charge in [-0.25, -0.2) is 8.93 Å². The van der Waals surface area contributed by atoms with E-state index >= 15 is 0 Å². The van der Waals surface area contributed by atoms with E-state index in [0.717, 1.165) is 22.0 Å². The summed E-state index contributed by atoms with van der Waals surface area (Å²) in [7, 11) is 0.334. The highest BCUT2D eigenvalue weighted by Crippen LogP contribution is 2.41. The fourth-order valence-corrected chi connectivity index (χ4v) is 4.51. The third kappa shape index (κ3) is 4.19. The second-order valence-corrected chi connectivity index (χ2v) is 8.63. The van der Waals surface area contributed by atoms with Gasteiger partial charge in [-0.15, -0.1) is 0 Å². The zero-order valence-corrected chi connectivity index (χ0v) is 18.9. The summed E-state index contributed by atoms with van der Waals surface area (Å²) in [6, 6.07) is 19.3. The SMILES string of the molecule is COc1cc(OC(C)NS(C)=O)c2c3c(C(N)=O)cccc3n(Cc3ccccc3)c2c1. The molecule has 1 amide bonds. The number of benzene rings is 3. The lowest BCUT2D eigenvalue weighted by Gasteiger charge is -2.17. The standard InChI is InChI=1S/C24H25N3O4S/c1-15(26-32(3)29)31-21-13-17(30-2)12-20-23(21)22-18(24(25)28)10-7-11-19(22)27(20)14-16-8-5-4-6-9-16/h4-13,15,26H,14H2,1-3H3,(H2,25,28). The van der Waals surface area contributed by atoms with Crippen molar-refractivity contribution in [2.24, 2.45) is 5.73 Å². The van der Waals surface area contributed by atoms with Crippen LogP contribution in [0.2, 0.25) is 0 Å². The van der Waals surface area contributed by atoms with E-state index in [-0.39, 0.29) is 0 Å². The van der Waals surface area contributed by atoms with Gasteiger partial charge >= 0.3 is 0 Å². The van der Waals surface area contributed by atoms with Gasteiger partial charge in [0.05, 0.1) is 34.5 Å². The molecule has 4 rings (SSSR count). The summed E-state index contributed by atoms with van der Waals surface area (Å²) in [5, 5.41) is 1.47. The normalized spacial score (nSPS) is 13.2. The predicted octanol–water partition coefficient (Wildman–Crippen LogP) is 3.56. The molecule has 32 heavy (non-hydrogen) atoms. The molecule has 0 saturated heterocycles. The molecule has 1 heterocycles. The van der Waals surface area contributed by atoms with Gasteiger partial charge in [-0.2, -0.15) is 0 Å². The van der Waals surface area contributed by atoms with Crippen molar-refractivity contribution in [3.05, 3.63) is 71.8 Å². The molecule has 0 spiro atoms. The second-order valence-electron chi connectivity index (χ2n) is 7.49. The highest BCUT2D eigenvalue weighted by atomic mass is 32.2. The van der Waals surface area contributed by atoms with Crippen molar-refractivity contribution >= 4 is 38.7 Å². The van der Waals surface area contributed by atoms with Crippen molar-refractivity contribution in [1.29, 1.82) is 0 Å². The average Bonchev–Trinajstić information content (AvgIpc) is 3.07. The molecular formula is C24H25N3O4S. The van der Waals surface area contributed by atoms with Crippen molar-refractivity contribution in [2.45, 2.75) is 19.7 Å². The molecule has 3 N–H and O–H groups in total. The number of hydrogen-bond acceptors (Lipinski definition) is 4. The molecule has 166 valence electrons. The molecule has 0 aliphatic rings. The van der Waals surface area contributed by atoms with E-state index in [4.69, 9.17) is 15.2 Å². The average molecular weight is 452 g/mol. The molecule has 0 saturated carbocycles. The molecular weight excluding hydrogens is 426 g/mol. The number of methoxy groups -OCH3 is 1. The van der Waals surface area contributed by atoms with E-state index in [0.29, 0.717) is 29.0 Å². The smallest absolute Gasteiger partial charge is 0.249 e. The van der Waals surface area contributed by atoms with Crippen LogP contribution < -0.4 is 19.9 Å². The Morgan fingerprint density at radius 2 is 1.84 bits per heavy atom. The van der Waals surface area contributed by atoms with Gasteiger partial charge in [0, 0.05) is 35.9 Å². The number of aromatic nitrogens is 1. The Kier molecular flexibility index (Phi) is 6.16. The summed E-state index contributed by atoms with van der Waals surface area (Å²) < 4.78 is 28.3. The minimum absolute atomic E-state index is 0.411. The van der Waals surface area contributed by atoms with E-state index in [9.17, 15) is 9.00 Å². The fraction of sp³-hybridized carbons (Fsp3) is 0.208. The van der Waals surface area contributed by atoms with Crippen molar-refractivity contribution in [3.8, 4) is 11.5 Å². The maximum absolute atomic E-state index is 12.3. The molecule has 2 atom stereocenters. The summed E-state index contributed by atoms with van der Waals surface area (Å²) in [4.78, 5) is 12.3. The predicted molar refractivity (Wildman–Crippen MR) is 127 cm³/mol. The molecule has 4 aromatic rings. The van der Waals surface area contributed by atoms with Crippen LogP contribution in [0, 0.1) is 0 Å². The molecule has 0 aliphatic heterocycles. The van der Waals surface area contributed by atoms with Crippen molar-refractivity contribution in [1.82, 2.24) is 9.29 Å². The Bertz CT molecular complexity index is 1320. The summed E-state index contributed by atoms with van der Waals surface area (Å²) in [6.07, 6.45) is 1.00. The molecule has 0 fully saturated rings. The van der Waals surface area contributed by atoms with Crippen LogP contribution in [0.15, 0.2) is 60.7 Å². The van der Waals surface area contributed by atoms with Crippen LogP contribution in [0.3, 0.4) is 0 Å². The summed E-state index contributed by atoms with van der Waals surface area (Å²) in [6.45, 7) is 2.35. The van der Waals surface area contributed by atoms with Gasteiger partial charge in [0.15, 0.2) is 6.23 Å². The van der Waals surface area contributed by atoms with Gasteiger partial charge in [0.25, 0.3) is 0 Å². The molecule has 1 aromatic heterocycles. The molecule has 0 bridgehead atoms. The first-order chi connectivity index (χ1) is 15.4. The summed E-state index contributed by atoms with van der Waals surface area (Å²) in [5.74, 6) is 0.599. The molecule has 8 heteroatoms. The van der Waals surface area contributed by atoms with Crippen LogP contribution >= 0.6 is 0 Å². The number of fused-ring (bicyclic) bond motifs is 3. The number of carbonyl (C=O) groups is 1. The Hall–Kier alpha value is -3.36. The zero-order chi connectivity index (χ0) is 22.8. The number of hydrogen-bond donors (Lipinski definition) is 2. The van der Waals surface area contributed by atoms with E-state index in [1.54, 1.807) is 26.2 Å². The molecule has 2 unspecified atom stereocenters. The lowest BCUT2D eigenvalue weighted by atomic mass is 10.0. The lowest BCUT2D eigenvalue weighted by Crippen LogP contribution is -2.32. The van der Waals surface area contributed by atoms with Crippen LogP contribution in [0.25, 0.3) is 21.8 Å². The number of carbonyl (C=O) groups excluding carboxylic acids is 1. The molecule has 0 radical (unpaired) electrons. The maximum atomic E-state index is 12.3. The first-order valence-electron chi connectivity index (χ1n) is 10.1. The Balaban J connectivity index is 2.04. The largest absolute Gasteiger partial charge is 0.497 e. The van der Waals surface area contributed by atoms with E-state index in [2.05, 4.69) is 21.4 Å². The van der Waals surface area contributed by atoms with Crippen LogP contribution in [0.1, 0.15) is 22.8 Å². The Morgan fingerprint density at radius 1 is 1.09 bits per heavy atom. The number of nitrogens with one attached hydrogen (secondary N) is 1. The molecule has 7 nitrogen and oxygen atoms in total. The van der Waals surface area contributed by atoms with Gasteiger partial charge in [0.1, 0.15) is 11.5 Å². The quantitative estimate of drug-likeness (QED) is 0.401. The number of nitrogens with zero attached hydrogens (tertiary/aromatic N) is 1. The Morgan fingerprint density at radius 3 is 2.50 bits per heavy atom. The van der Waals surface area contributed by atoms with E-state index < -0.39 is 23.1 Å². The van der Waals surface area contributed by atoms with Gasteiger partial charge in [-0.05, 0) is 24.6 Å². The minimum atomic E-state index is -1.26. The minimum Gasteiger partial charge on any atom is -0.497 e. The third-order valence-corrected chi connectivity index (χ3v) is 5.91. The summed E-state index contributed by atoms with van der Waals surface area (Å²) in [5.41, 5.74) is 8.96. The zero-order valence-electron chi connectivity index (χ0n) is 18.1. The highest BCUT2D eigenvalue weighted by molar-refractivity contribution is 7.82. The topological polar surface area (TPSA) is 95.6 Å². The molecule has 3 aromatic carbocycles. The lowest BCUT2D eigenvalue weighted by molar-refractivity contribution is 0.100. The van der Waals surface area contributed by atoms with Gasteiger partial charge < -0.3 is 19.8 Å². The van der Waals surface area contributed by atoms with Crippen LogP contribution in [-0.4, -0.2) is 34.3 Å². The van der Waals surface area contributed by atoms with Gasteiger partial charge in [-0.1, -0.05) is 36.4 Å². The first kappa shape index (κ1) is 21.9. The van der Waals surface area contributed by atoms with E-state index in [1.165, 1.54) is 6.26 Å². The van der Waals surface area contributed by atoms with Crippen LogP contribution in [0.5, 0.6) is 11.5 Å². The van der Waals surface area contributed by atoms with Gasteiger partial charge in [0.2, 0.25) is 5.91 Å². The van der Waals surface area contributed by atoms with Gasteiger partial charge in [-0.3, -0.25) is 4.79 Å². The number of nitrogens with two attached hydrogens (primary N) is 1. The Labute approximate surface area is 188 Å². The van der Waals surface area contributed by atoms with Crippen molar-refractivity contribution < 1.29 is 18.5 Å². The maximum Gasteiger partial charge on any atom is 0.249 e. The molecule has 0 aliphatic carbocycles.